The van der Waals surface area contributed by atoms with Crippen molar-refractivity contribution in [2.24, 2.45) is 11.8 Å². The second kappa shape index (κ2) is 10.1. The van der Waals surface area contributed by atoms with Crippen molar-refractivity contribution >= 4 is 17.5 Å². The third kappa shape index (κ3) is 4.75. The van der Waals surface area contributed by atoms with Gasteiger partial charge >= 0.3 is 0 Å². The van der Waals surface area contributed by atoms with E-state index in [0.717, 1.165) is 36.9 Å². The van der Waals surface area contributed by atoms with Gasteiger partial charge in [0.25, 0.3) is 5.91 Å². The third-order valence-corrected chi connectivity index (χ3v) is 8.02. The first kappa shape index (κ1) is 24.0. The van der Waals surface area contributed by atoms with E-state index in [1.807, 2.05) is 30.0 Å². The lowest BCUT2D eigenvalue weighted by Gasteiger charge is -2.35. The minimum Gasteiger partial charge on any atom is -0.377 e. The quantitative estimate of drug-likeness (QED) is 0.548. The summed E-state index contributed by atoms with van der Waals surface area (Å²) in [4.78, 5) is 28.1. The molecule has 1 aromatic rings. The van der Waals surface area contributed by atoms with Crippen molar-refractivity contribution in [1.82, 2.24) is 20.7 Å². The summed E-state index contributed by atoms with van der Waals surface area (Å²) in [5.74, 6) is 0.363. The van der Waals surface area contributed by atoms with Gasteiger partial charge in [-0.15, -0.1) is 0 Å². The van der Waals surface area contributed by atoms with Crippen molar-refractivity contribution in [1.29, 1.82) is 5.26 Å². The van der Waals surface area contributed by atoms with Gasteiger partial charge in [-0.3, -0.25) is 9.59 Å². The van der Waals surface area contributed by atoms with Crippen LogP contribution in [0.15, 0.2) is 18.2 Å². The number of hydrogen-bond acceptors (Lipinski definition) is 7. The summed E-state index contributed by atoms with van der Waals surface area (Å²) in [5.41, 5.74) is 6.04. The average molecular weight is 481 g/mol. The van der Waals surface area contributed by atoms with E-state index in [2.05, 4.69) is 34.1 Å². The fourth-order valence-electron chi connectivity index (χ4n) is 5.96. The van der Waals surface area contributed by atoms with Crippen LogP contribution in [0.1, 0.15) is 54.9 Å². The monoisotopic (exact) mass is 480 g/mol. The second-order valence-corrected chi connectivity index (χ2v) is 10.3. The molecule has 0 bridgehead atoms. The van der Waals surface area contributed by atoms with Gasteiger partial charge in [-0.05, 0) is 62.3 Å². The van der Waals surface area contributed by atoms with Gasteiger partial charge in [0.1, 0.15) is 6.17 Å². The molecule has 0 aromatic heterocycles. The Labute approximate surface area is 207 Å². The van der Waals surface area contributed by atoms with Crippen LogP contribution in [0, 0.1) is 30.1 Å². The average Bonchev–Trinajstić information content (AvgIpc) is 3.64. The first-order valence-electron chi connectivity index (χ1n) is 13.0. The van der Waals surface area contributed by atoms with E-state index < -0.39 is 0 Å². The smallest absolute Gasteiger partial charge is 0.254 e. The number of hydrogen-bond donors (Lipinski definition) is 3. The molecule has 4 fully saturated rings. The molecule has 3 saturated heterocycles. The topological polar surface area (TPSA) is 110 Å². The number of benzene rings is 1. The van der Waals surface area contributed by atoms with E-state index >= 15 is 0 Å². The SMILES string of the molecule is CCC1COCCN1C(=O)c1ccc(NC2NN([C@@H](CC#N)C3CC3)C3CCNC(=O)C23)cc1C. The minimum absolute atomic E-state index is 0.0432. The zero-order valence-electron chi connectivity index (χ0n) is 20.6. The number of aryl methyl sites for hydroxylation is 1. The highest BCUT2D eigenvalue weighted by molar-refractivity contribution is 5.96. The molecule has 2 amide bonds. The summed E-state index contributed by atoms with van der Waals surface area (Å²) in [7, 11) is 0. The van der Waals surface area contributed by atoms with Gasteiger partial charge in [0.2, 0.25) is 5.91 Å². The fourth-order valence-corrected chi connectivity index (χ4v) is 5.96. The molecule has 9 nitrogen and oxygen atoms in total. The molecule has 9 heteroatoms. The Hall–Kier alpha value is -2.67. The number of nitrogens with zero attached hydrogens (tertiary/aromatic N) is 3. The minimum atomic E-state index is -0.273. The first-order valence-corrected chi connectivity index (χ1v) is 13.0. The first-order chi connectivity index (χ1) is 17.0. The van der Waals surface area contributed by atoms with Crippen molar-refractivity contribution in [3.05, 3.63) is 29.3 Å². The molecule has 3 aliphatic heterocycles. The summed E-state index contributed by atoms with van der Waals surface area (Å²) in [6.45, 7) is 6.47. The van der Waals surface area contributed by atoms with Crippen LogP contribution >= 0.6 is 0 Å². The van der Waals surface area contributed by atoms with Gasteiger partial charge in [0.05, 0.1) is 37.7 Å². The molecule has 0 radical (unpaired) electrons. The number of anilines is 1. The molecule has 4 aliphatic rings. The summed E-state index contributed by atoms with van der Waals surface area (Å²) in [5, 5.41) is 18.2. The fraction of sp³-hybridized carbons (Fsp3) is 0.654. The maximum atomic E-state index is 13.3. The van der Waals surface area contributed by atoms with Gasteiger partial charge in [-0.25, -0.2) is 10.4 Å². The van der Waals surface area contributed by atoms with E-state index in [1.165, 1.54) is 0 Å². The maximum Gasteiger partial charge on any atom is 0.254 e. The van der Waals surface area contributed by atoms with Crippen LogP contribution in [0.4, 0.5) is 5.69 Å². The van der Waals surface area contributed by atoms with Crippen molar-refractivity contribution in [3.63, 3.8) is 0 Å². The summed E-state index contributed by atoms with van der Waals surface area (Å²) in [6, 6.07) is 8.45. The normalized spacial score (nSPS) is 29.7. The zero-order valence-corrected chi connectivity index (χ0v) is 20.6. The lowest BCUT2D eigenvalue weighted by molar-refractivity contribution is -0.128. The van der Waals surface area contributed by atoms with Crippen LogP contribution in [0.3, 0.4) is 0 Å². The second-order valence-electron chi connectivity index (χ2n) is 10.3. The van der Waals surface area contributed by atoms with Crippen LogP contribution in [-0.4, -0.2) is 72.3 Å². The largest absolute Gasteiger partial charge is 0.377 e. The summed E-state index contributed by atoms with van der Waals surface area (Å²) < 4.78 is 5.56. The van der Waals surface area contributed by atoms with Gasteiger partial charge < -0.3 is 20.3 Å². The van der Waals surface area contributed by atoms with E-state index in [4.69, 9.17) is 4.74 Å². The predicted molar refractivity (Wildman–Crippen MR) is 131 cm³/mol. The highest BCUT2D eigenvalue weighted by atomic mass is 16.5. The van der Waals surface area contributed by atoms with Crippen LogP contribution in [0.25, 0.3) is 0 Å². The van der Waals surface area contributed by atoms with Crippen LogP contribution < -0.4 is 16.1 Å². The number of ether oxygens (including phenoxy) is 1. The number of hydrazine groups is 1. The zero-order chi connectivity index (χ0) is 24.5. The molecule has 0 spiro atoms. The van der Waals surface area contributed by atoms with Crippen molar-refractivity contribution in [2.75, 3.05) is 31.6 Å². The highest BCUT2D eigenvalue weighted by Gasteiger charge is 2.51. The van der Waals surface area contributed by atoms with E-state index in [9.17, 15) is 14.9 Å². The maximum absolute atomic E-state index is 13.3. The lowest BCUT2D eigenvalue weighted by atomic mass is 9.90. The predicted octanol–water partition coefficient (Wildman–Crippen LogP) is 2.00. The Kier molecular flexibility index (Phi) is 6.96. The molecule has 4 unspecified atom stereocenters. The van der Waals surface area contributed by atoms with E-state index in [1.54, 1.807) is 0 Å². The summed E-state index contributed by atoms with van der Waals surface area (Å²) >= 11 is 0. The molecule has 5 atom stereocenters. The molecular formula is C26H36N6O3. The van der Waals surface area contributed by atoms with E-state index in [-0.39, 0.29) is 42.0 Å². The number of carbonyl (C=O) groups is 2. The van der Waals surface area contributed by atoms with Crippen molar-refractivity contribution in [2.45, 2.75) is 70.2 Å². The Morgan fingerprint density at radius 2 is 2.17 bits per heavy atom. The Morgan fingerprint density at radius 3 is 2.89 bits per heavy atom. The van der Waals surface area contributed by atoms with Crippen molar-refractivity contribution in [3.8, 4) is 6.07 Å². The molecule has 1 aromatic carbocycles. The number of piperidine rings is 1. The Bertz CT molecular complexity index is 1010. The molecule has 3 heterocycles. The molecule has 1 saturated carbocycles. The van der Waals surface area contributed by atoms with Gasteiger partial charge in [0, 0.05) is 36.4 Å². The summed E-state index contributed by atoms with van der Waals surface area (Å²) in [6.07, 6.45) is 4.20. The Balaban J connectivity index is 1.33. The van der Waals surface area contributed by atoms with Gasteiger partial charge in [0.15, 0.2) is 0 Å². The highest BCUT2D eigenvalue weighted by Crippen LogP contribution is 2.41. The van der Waals surface area contributed by atoms with Crippen LogP contribution in [0.2, 0.25) is 0 Å². The van der Waals surface area contributed by atoms with Crippen LogP contribution in [0.5, 0.6) is 0 Å². The van der Waals surface area contributed by atoms with Crippen molar-refractivity contribution < 1.29 is 14.3 Å². The number of nitriles is 1. The number of morpholine rings is 1. The number of amides is 2. The molecule has 35 heavy (non-hydrogen) atoms. The molecule has 3 N–H and O–H groups in total. The third-order valence-electron chi connectivity index (χ3n) is 8.02. The van der Waals surface area contributed by atoms with Gasteiger partial charge in [-0.2, -0.15) is 5.26 Å². The molecule has 188 valence electrons. The number of fused-ring (bicyclic) bond motifs is 1. The molecule has 1 aliphatic carbocycles. The molecule has 5 rings (SSSR count). The Morgan fingerprint density at radius 1 is 1.34 bits per heavy atom. The lowest BCUT2D eigenvalue weighted by Crippen LogP contribution is -2.52. The van der Waals surface area contributed by atoms with E-state index in [0.29, 0.717) is 44.2 Å². The van der Waals surface area contributed by atoms with Crippen LogP contribution in [-0.2, 0) is 9.53 Å². The number of nitrogens with one attached hydrogen (secondary N) is 3. The number of rotatable bonds is 7. The van der Waals surface area contributed by atoms with Gasteiger partial charge in [-0.1, -0.05) is 6.92 Å². The molecular weight excluding hydrogens is 444 g/mol. The number of carbonyl (C=O) groups excluding carboxylic acids is 2. The standard InChI is InChI=1S/C26H36N6O3/c1-3-19-15-35-13-12-31(19)26(34)20-7-6-18(14-16(20)2)29-24-23-22(9-11-28-25(23)33)32(30-24)21(8-10-27)17-4-5-17/h6-7,14,17,19,21-24,29-30H,3-5,8-9,11-13,15H2,1-2H3,(H,28,33)/t19?,21-,22?,23?,24?/m0/s1.